The maximum Gasteiger partial charge on any atom is 0.0805 e. The average Bonchev–Trinajstić information content (AvgIpc) is 2.49. The summed E-state index contributed by atoms with van der Waals surface area (Å²) in [4.78, 5) is 5.55. The molecule has 0 fully saturated rings. The molecule has 2 aliphatic rings. The minimum atomic E-state index is 0.599. The normalized spacial score (nSPS) is 11.2. The highest BCUT2D eigenvalue weighted by molar-refractivity contribution is 7.13. The highest BCUT2D eigenvalue weighted by Gasteiger charge is 2.06. The van der Waals surface area contributed by atoms with Gasteiger partial charge < -0.3 is 0 Å². The first kappa shape index (κ1) is 7.74. The van der Waals surface area contributed by atoms with Crippen LogP contribution in [0, 0.1) is 0 Å². The molecule has 0 radical (unpaired) electrons. The van der Waals surface area contributed by atoms with Gasteiger partial charge in [-0.15, -0.1) is 11.3 Å². The summed E-state index contributed by atoms with van der Waals surface area (Å²) >= 11 is 1.78. The van der Waals surface area contributed by atoms with E-state index < -0.39 is 0 Å². The van der Waals surface area contributed by atoms with Crippen LogP contribution in [0.2, 0.25) is 0 Å². The molecule has 0 unspecified atom stereocenters. The number of nitrogens with zero attached hydrogens (tertiary/aromatic N) is 1. The lowest BCUT2D eigenvalue weighted by molar-refractivity contribution is 0.870. The Bertz CT molecular complexity index is 351. The Morgan fingerprint density at radius 1 is 1.42 bits per heavy atom. The second kappa shape index (κ2) is 2.87. The molecule has 12 heavy (non-hydrogen) atoms. The van der Waals surface area contributed by atoms with Crippen LogP contribution in [-0.4, -0.2) is 4.98 Å². The van der Waals surface area contributed by atoms with E-state index in [9.17, 15) is 0 Å². The van der Waals surface area contributed by atoms with E-state index >= 15 is 0 Å². The lowest BCUT2D eigenvalue weighted by Crippen LogP contribution is -1.86. The van der Waals surface area contributed by atoms with Crippen molar-refractivity contribution in [2.75, 3.05) is 0 Å². The number of hydrogen-bond acceptors (Lipinski definition) is 2. The SMILES string of the molecule is CC(C)c1csc2ccnc-2c1. The molecule has 0 aromatic carbocycles. The molecule has 0 aliphatic carbocycles. The van der Waals surface area contributed by atoms with Gasteiger partial charge in [-0.25, -0.2) is 0 Å². The molecule has 0 amide bonds. The minimum absolute atomic E-state index is 0.599. The van der Waals surface area contributed by atoms with Gasteiger partial charge in [0.05, 0.1) is 10.6 Å². The number of fused-ring (bicyclic) bond motifs is 1. The quantitative estimate of drug-likeness (QED) is 0.650. The summed E-state index contributed by atoms with van der Waals surface area (Å²) in [5, 5.41) is 2.22. The van der Waals surface area contributed by atoms with Crippen LogP contribution in [0.5, 0.6) is 0 Å². The third-order valence-electron chi connectivity index (χ3n) is 1.98. The van der Waals surface area contributed by atoms with Crippen molar-refractivity contribution in [2.24, 2.45) is 0 Å². The Morgan fingerprint density at radius 2 is 2.25 bits per heavy atom. The van der Waals surface area contributed by atoms with E-state index in [1.807, 2.05) is 6.20 Å². The molecule has 0 spiro atoms. The third kappa shape index (κ3) is 1.23. The smallest absolute Gasteiger partial charge is 0.0805 e. The van der Waals surface area contributed by atoms with Crippen molar-refractivity contribution in [3.8, 4) is 10.6 Å². The Balaban J connectivity index is 2.54. The molecule has 2 heterocycles. The molecule has 0 bridgehead atoms. The predicted octanol–water partition coefficient (Wildman–Crippen LogP) is 3.37. The fraction of sp³-hybridized carbons (Fsp3) is 0.300. The molecule has 2 heteroatoms. The second-order valence-electron chi connectivity index (χ2n) is 3.23. The lowest BCUT2D eigenvalue weighted by atomic mass is 10.1. The average molecular weight is 177 g/mol. The summed E-state index contributed by atoms with van der Waals surface area (Å²) in [6, 6.07) is 4.24. The Kier molecular flexibility index (Phi) is 1.85. The van der Waals surface area contributed by atoms with E-state index in [1.165, 1.54) is 10.4 Å². The molecular formula is C10H11NS. The van der Waals surface area contributed by atoms with Crippen LogP contribution in [0.15, 0.2) is 23.7 Å². The minimum Gasteiger partial charge on any atom is -0.255 e. The summed E-state index contributed by atoms with van der Waals surface area (Å²) in [6.45, 7) is 4.41. The summed E-state index contributed by atoms with van der Waals surface area (Å²) in [5.41, 5.74) is 2.51. The first-order chi connectivity index (χ1) is 5.77. The van der Waals surface area contributed by atoms with E-state index in [4.69, 9.17) is 0 Å². The van der Waals surface area contributed by atoms with E-state index in [1.54, 1.807) is 11.3 Å². The number of rotatable bonds is 1. The molecule has 0 saturated heterocycles. The first-order valence-corrected chi connectivity index (χ1v) is 4.98. The van der Waals surface area contributed by atoms with Crippen molar-refractivity contribution < 1.29 is 0 Å². The van der Waals surface area contributed by atoms with Gasteiger partial charge >= 0.3 is 0 Å². The van der Waals surface area contributed by atoms with Crippen molar-refractivity contribution in [1.82, 2.24) is 4.98 Å². The summed E-state index contributed by atoms with van der Waals surface area (Å²) < 4.78 is 0. The summed E-state index contributed by atoms with van der Waals surface area (Å²) in [7, 11) is 0. The molecular weight excluding hydrogens is 166 g/mol. The zero-order valence-electron chi connectivity index (χ0n) is 7.24. The monoisotopic (exact) mass is 177 g/mol. The molecule has 0 N–H and O–H groups in total. The molecule has 0 saturated carbocycles. The molecule has 2 rings (SSSR count). The highest BCUT2D eigenvalue weighted by Crippen LogP contribution is 2.28. The van der Waals surface area contributed by atoms with Gasteiger partial charge in [0.15, 0.2) is 0 Å². The highest BCUT2D eigenvalue weighted by atomic mass is 32.1. The van der Waals surface area contributed by atoms with E-state index in [2.05, 4.69) is 36.3 Å². The van der Waals surface area contributed by atoms with Gasteiger partial charge in [0.1, 0.15) is 0 Å². The number of hydrogen-bond donors (Lipinski definition) is 0. The largest absolute Gasteiger partial charge is 0.255 e. The van der Waals surface area contributed by atoms with E-state index in [0.29, 0.717) is 5.92 Å². The van der Waals surface area contributed by atoms with Gasteiger partial charge in [0.2, 0.25) is 0 Å². The zero-order chi connectivity index (χ0) is 8.55. The predicted molar refractivity (Wildman–Crippen MR) is 52.8 cm³/mol. The van der Waals surface area contributed by atoms with Gasteiger partial charge in [-0.2, -0.15) is 0 Å². The maximum atomic E-state index is 4.27. The molecule has 0 aromatic heterocycles. The summed E-state index contributed by atoms with van der Waals surface area (Å²) in [5.74, 6) is 0.599. The second-order valence-corrected chi connectivity index (χ2v) is 4.14. The Morgan fingerprint density at radius 3 is 3.00 bits per heavy atom. The fourth-order valence-corrected chi connectivity index (χ4v) is 2.14. The molecule has 0 aromatic rings. The van der Waals surface area contributed by atoms with Crippen molar-refractivity contribution in [1.29, 1.82) is 0 Å². The van der Waals surface area contributed by atoms with Crippen LogP contribution in [0.25, 0.3) is 10.6 Å². The van der Waals surface area contributed by atoms with Crippen molar-refractivity contribution in [3.05, 3.63) is 29.3 Å². The van der Waals surface area contributed by atoms with Crippen molar-refractivity contribution in [3.63, 3.8) is 0 Å². The standard InChI is InChI=1S/C10H11NS/c1-7(2)8-5-9-10(12-6-8)3-4-11-9/h3-7H,1-2H3. The van der Waals surface area contributed by atoms with E-state index in [0.717, 1.165) is 5.69 Å². The maximum absolute atomic E-state index is 4.27. The molecule has 1 nitrogen and oxygen atoms in total. The molecule has 2 aliphatic heterocycles. The van der Waals surface area contributed by atoms with Crippen LogP contribution in [0.3, 0.4) is 0 Å². The fourth-order valence-electron chi connectivity index (χ4n) is 1.17. The van der Waals surface area contributed by atoms with Crippen LogP contribution in [0.4, 0.5) is 0 Å². The van der Waals surface area contributed by atoms with Gasteiger partial charge in [-0.05, 0) is 29.0 Å². The topological polar surface area (TPSA) is 12.9 Å². The van der Waals surface area contributed by atoms with Crippen LogP contribution >= 0.6 is 11.3 Å². The lowest BCUT2D eigenvalue weighted by Gasteiger charge is -2.05. The van der Waals surface area contributed by atoms with Crippen LogP contribution in [0.1, 0.15) is 25.3 Å². The van der Waals surface area contributed by atoms with Crippen LogP contribution in [-0.2, 0) is 0 Å². The van der Waals surface area contributed by atoms with Crippen molar-refractivity contribution >= 4 is 11.3 Å². The number of aromatic nitrogens is 1. The van der Waals surface area contributed by atoms with Gasteiger partial charge in [0.25, 0.3) is 0 Å². The van der Waals surface area contributed by atoms with Crippen LogP contribution < -0.4 is 0 Å². The van der Waals surface area contributed by atoms with Gasteiger partial charge in [-0.1, -0.05) is 13.8 Å². The third-order valence-corrected chi connectivity index (χ3v) is 2.97. The van der Waals surface area contributed by atoms with Gasteiger partial charge in [0, 0.05) is 6.20 Å². The first-order valence-electron chi connectivity index (χ1n) is 4.10. The molecule has 62 valence electrons. The zero-order valence-corrected chi connectivity index (χ0v) is 8.06. The van der Waals surface area contributed by atoms with Crippen molar-refractivity contribution in [2.45, 2.75) is 19.8 Å². The van der Waals surface area contributed by atoms with E-state index in [-0.39, 0.29) is 0 Å². The van der Waals surface area contributed by atoms with Gasteiger partial charge in [-0.3, -0.25) is 4.98 Å². The summed E-state index contributed by atoms with van der Waals surface area (Å²) in [6.07, 6.45) is 1.87. The Labute approximate surface area is 76.4 Å². The Hall–Kier alpha value is -0.890. The molecule has 0 atom stereocenters.